The molecule has 0 N–H and O–H groups in total. The van der Waals surface area contributed by atoms with Crippen LogP contribution in [-0.2, 0) is 9.47 Å². The first-order valence-corrected chi connectivity index (χ1v) is 10.6. The van der Waals surface area contributed by atoms with Crippen LogP contribution in [0.1, 0.15) is 103 Å². The van der Waals surface area contributed by atoms with E-state index >= 15 is 0 Å². The average Bonchev–Trinajstić information content (AvgIpc) is 2.86. The molecule has 3 rings (SSSR count). The van der Waals surface area contributed by atoms with E-state index in [2.05, 4.69) is 9.47 Å². The van der Waals surface area contributed by atoms with E-state index in [1.807, 2.05) is 0 Å². The van der Waals surface area contributed by atoms with E-state index in [1.54, 1.807) is 25.7 Å². The van der Waals surface area contributed by atoms with Crippen molar-refractivity contribution in [1.29, 1.82) is 0 Å². The molecule has 0 aromatic carbocycles. The van der Waals surface area contributed by atoms with Crippen molar-refractivity contribution in [2.75, 3.05) is 0 Å². The third-order valence-electron chi connectivity index (χ3n) is 5.89. The molecule has 0 atom stereocenters. The van der Waals surface area contributed by atoms with E-state index in [-0.39, 0.29) is 0 Å². The molecule has 24 heavy (non-hydrogen) atoms. The molecular weight excluding hydrogens is 296 g/mol. The Kier molecular flexibility index (Phi) is 10.8. The summed E-state index contributed by atoms with van der Waals surface area (Å²) in [7, 11) is 0. The molecule has 0 aromatic heterocycles. The normalized spacial score (nSPS) is 24.5. The Morgan fingerprint density at radius 1 is 0.375 bits per heavy atom. The van der Waals surface area contributed by atoms with Gasteiger partial charge in [0.1, 0.15) is 25.0 Å². The van der Waals surface area contributed by atoms with Gasteiger partial charge in [-0.25, -0.2) is 0 Å². The molecule has 0 aromatic rings. The molecule has 1 heterocycles. The highest BCUT2D eigenvalue weighted by molar-refractivity contribution is 4.77. The standard InChI is InChI=1S/C18H34.C4H4O2/c1-2-6-10-14-17(13-9-5-1)18-15-11-7-3-4-8-12-16-18;1-2-6-4-3-5-1/h17-18H,1-16H2;1-4H. The van der Waals surface area contributed by atoms with Crippen LogP contribution in [0.2, 0.25) is 0 Å². The van der Waals surface area contributed by atoms with Gasteiger partial charge in [-0.1, -0.05) is 103 Å². The predicted octanol–water partition coefficient (Wildman–Crippen LogP) is 7.46. The molecule has 0 bridgehead atoms. The summed E-state index contributed by atoms with van der Waals surface area (Å²) < 4.78 is 9.17. The maximum atomic E-state index is 4.58. The van der Waals surface area contributed by atoms with Crippen LogP contribution in [0.3, 0.4) is 0 Å². The monoisotopic (exact) mass is 334 g/mol. The Bertz CT molecular complexity index is 286. The fourth-order valence-corrected chi connectivity index (χ4v) is 4.49. The fraction of sp³-hybridized carbons (Fsp3) is 0.818. The van der Waals surface area contributed by atoms with Crippen molar-refractivity contribution < 1.29 is 9.47 Å². The van der Waals surface area contributed by atoms with E-state index in [1.165, 1.54) is 102 Å². The zero-order chi connectivity index (χ0) is 16.7. The summed E-state index contributed by atoms with van der Waals surface area (Å²) in [6.45, 7) is 0. The molecule has 1 aliphatic heterocycles. The Hall–Kier alpha value is -0.920. The molecule has 0 spiro atoms. The van der Waals surface area contributed by atoms with Gasteiger partial charge >= 0.3 is 0 Å². The van der Waals surface area contributed by atoms with Gasteiger partial charge in [0.2, 0.25) is 0 Å². The quantitative estimate of drug-likeness (QED) is 0.495. The molecule has 0 unspecified atom stereocenters. The van der Waals surface area contributed by atoms with Gasteiger partial charge in [0, 0.05) is 0 Å². The van der Waals surface area contributed by atoms with Crippen LogP contribution < -0.4 is 0 Å². The molecule has 2 saturated carbocycles. The van der Waals surface area contributed by atoms with Crippen LogP contribution in [0, 0.1) is 11.8 Å². The summed E-state index contributed by atoms with van der Waals surface area (Å²) in [6.07, 6.45) is 30.3. The van der Waals surface area contributed by atoms with Crippen LogP contribution in [0.4, 0.5) is 0 Å². The molecule has 2 nitrogen and oxygen atoms in total. The molecule has 3 aliphatic rings. The maximum absolute atomic E-state index is 4.58. The van der Waals surface area contributed by atoms with Gasteiger partial charge in [-0.3, -0.25) is 0 Å². The highest BCUT2D eigenvalue weighted by Crippen LogP contribution is 2.35. The van der Waals surface area contributed by atoms with E-state index < -0.39 is 0 Å². The van der Waals surface area contributed by atoms with Crippen molar-refractivity contribution in [1.82, 2.24) is 0 Å². The van der Waals surface area contributed by atoms with Gasteiger partial charge in [0.15, 0.2) is 0 Å². The van der Waals surface area contributed by atoms with E-state index in [0.29, 0.717) is 0 Å². The SMILES string of the molecule is C1=COC=CO1.C1CCCCC(C2CCCCCCCC2)CCC1. The fourth-order valence-electron chi connectivity index (χ4n) is 4.49. The third-order valence-corrected chi connectivity index (χ3v) is 5.89. The molecule has 0 saturated heterocycles. The highest BCUT2D eigenvalue weighted by atomic mass is 16.5. The zero-order valence-corrected chi connectivity index (χ0v) is 15.6. The predicted molar refractivity (Wildman–Crippen MR) is 101 cm³/mol. The number of rotatable bonds is 1. The molecule has 0 radical (unpaired) electrons. The summed E-state index contributed by atoms with van der Waals surface area (Å²) in [5.74, 6) is 2.20. The van der Waals surface area contributed by atoms with Crippen molar-refractivity contribution >= 4 is 0 Å². The van der Waals surface area contributed by atoms with Gasteiger partial charge in [0.25, 0.3) is 0 Å². The largest absolute Gasteiger partial charge is 0.466 e. The van der Waals surface area contributed by atoms with Crippen LogP contribution in [-0.4, -0.2) is 0 Å². The van der Waals surface area contributed by atoms with Crippen molar-refractivity contribution in [3.8, 4) is 0 Å². The summed E-state index contributed by atoms with van der Waals surface area (Å²) in [6, 6.07) is 0. The van der Waals surface area contributed by atoms with Gasteiger partial charge in [-0.05, 0) is 11.8 Å². The number of ether oxygens (including phenoxy) is 2. The van der Waals surface area contributed by atoms with E-state index in [9.17, 15) is 0 Å². The van der Waals surface area contributed by atoms with Gasteiger partial charge in [0.05, 0.1) is 0 Å². The van der Waals surface area contributed by atoms with Crippen molar-refractivity contribution in [2.45, 2.75) is 103 Å². The summed E-state index contributed by atoms with van der Waals surface area (Å²) in [5.41, 5.74) is 0. The zero-order valence-electron chi connectivity index (χ0n) is 15.6. The highest BCUT2D eigenvalue weighted by Gasteiger charge is 2.21. The molecular formula is C22H38O2. The van der Waals surface area contributed by atoms with Gasteiger partial charge in [-0.2, -0.15) is 0 Å². The number of hydrogen-bond donors (Lipinski definition) is 0. The van der Waals surface area contributed by atoms with Crippen molar-refractivity contribution in [3.05, 3.63) is 25.0 Å². The first kappa shape index (κ1) is 19.4. The lowest BCUT2D eigenvalue weighted by Crippen LogP contribution is -2.15. The van der Waals surface area contributed by atoms with Crippen molar-refractivity contribution in [2.24, 2.45) is 11.8 Å². The van der Waals surface area contributed by atoms with Crippen LogP contribution in [0.25, 0.3) is 0 Å². The Labute approximate surface area is 149 Å². The topological polar surface area (TPSA) is 18.5 Å². The lowest BCUT2D eigenvalue weighted by Gasteiger charge is -2.27. The summed E-state index contributed by atoms with van der Waals surface area (Å²) in [5, 5.41) is 0. The second-order valence-electron chi connectivity index (χ2n) is 7.73. The Morgan fingerprint density at radius 3 is 0.875 bits per heavy atom. The minimum Gasteiger partial charge on any atom is -0.466 e. The number of hydrogen-bond acceptors (Lipinski definition) is 2. The summed E-state index contributed by atoms with van der Waals surface area (Å²) >= 11 is 0. The Morgan fingerprint density at radius 2 is 0.625 bits per heavy atom. The summed E-state index contributed by atoms with van der Waals surface area (Å²) in [4.78, 5) is 0. The molecule has 2 heteroatoms. The first-order chi connectivity index (χ1) is 12.0. The molecule has 2 fully saturated rings. The third kappa shape index (κ3) is 8.80. The average molecular weight is 335 g/mol. The van der Waals surface area contributed by atoms with Crippen molar-refractivity contribution in [3.63, 3.8) is 0 Å². The van der Waals surface area contributed by atoms with E-state index in [0.717, 1.165) is 11.8 Å². The minimum atomic E-state index is 1.10. The maximum Gasteiger partial charge on any atom is 0.125 e. The molecule has 0 amide bonds. The van der Waals surface area contributed by atoms with Gasteiger partial charge < -0.3 is 9.47 Å². The lowest BCUT2D eigenvalue weighted by atomic mass is 9.79. The van der Waals surface area contributed by atoms with Crippen LogP contribution >= 0.6 is 0 Å². The Balaban J connectivity index is 0.000000292. The van der Waals surface area contributed by atoms with Gasteiger partial charge in [-0.15, -0.1) is 0 Å². The molecule has 138 valence electrons. The smallest absolute Gasteiger partial charge is 0.125 e. The lowest BCUT2D eigenvalue weighted by molar-refractivity contribution is 0.247. The second-order valence-corrected chi connectivity index (χ2v) is 7.73. The molecule has 2 aliphatic carbocycles. The van der Waals surface area contributed by atoms with E-state index in [4.69, 9.17) is 0 Å². The van der Waals surface area contributed by atoms with Crippen LogP contribution in [0.5, 0.6) is 0 Å². The second kappa shape index (κ2) is 13.4. The minimum absolute atomic E-state index is 1.10. The van der Waals surface area contributed by atoms with Crippen LogP contribution in [0.15, 0.2) is 25.0 Å². The first-order valence-electron chi connectivity index (χ1n) is 10.6.